The van der Waals surface area contributed by atoms with Crippen LogP contribution >= 0.6 is 11.8 Å². The van der Waals surface area contributed by atoms with Crippen LogP contribution in [0.25, 0.3) is 0 Å². The highest BCUT2D eigenvalue weighted by Gasteiger charge is 2.37. The van der Waals surface area contributed by atoms with Gasteiger partial charge in [-0.25, -0.2) is 0 Å². The summed E-state index contributed by atoms with van der Waals surface area (Å²) in [7, 11) is 0. The van der Waals surface area contributed by atoms with Crippen LogP contribution in [-0.2, 0) is 4.74 Å². The van der Waals surface area contributed by atoms with Crippen LogP contribution in [0.1, 0.15) is 45.1 Å². The largest absolute Gasteiger partial charge is 0.622 e. The number of nitrogens with zero attached hydrogens (tertiary/aromatic N) is 1. The number of amides is 1. The molecule has 5 nitrogen and oxygen atoms in total. The van der Waals surface area contributed by atoms with Gasteiger partial charge in [0.2, 0.25) is 0 Å². The fourth-order valence-electron chi connectivity index (χ4n) is 3.52. The summed E-state index contributed by atoms with van der Waals surface area (Å²) in [5, 5.41) is 12.8. The second-order valence-corrected chi connectivity index (χ2v) is 9.84. The van der Waals surface area contributed by atoms with Crippen molar-refractivity contribution < 1.29 is 18.9 Å². The molecule has 0 aromatic heterocycles. The number of benzene rings is 2. The number of piperidine rings is 1. The molecule has 1 fully saturated rings. The first-order valence-electron chi connectivity index (χ1n) is 10.5. The Hall–Kier alpha value is -2.02. The molecule has 0 bridgehead atoms. The van der Waals surface area contributed by atoms with Crippen LogP contribution in [0.4, 0.5) is 4.79 Å². The third-order valence-corrected chi connectivity index (χ3v) is 6.10. The van der Waals surface area contributed by atoms with Crippen LogP contribution in [0, 0.1) is 5.21 Å². The molecule has 3 rings (SSSR count). The molecule has 2 aromatic rings. The van der Waals surface area contributed by atoms with Gasteiger partial charge in [-0.05, 0) is 56.5 Å². The zero-order valence-electron chi connectivity index (χ0n) is 18.0. The van der Waals surface area contributed by atoms with Crippen molar-refractivity contribution in [2.75, 3.05) is 25.4 Å². The smallest absolute Gasteiger partial charge is 0.516 e. The number of ether oxygens (including phenoxy) is 2. The van der Waals surface area contributed by atoms with Crippen molar-refractivity contribution in [1.82, 2.24) is 0 Å². The number of thioether (sulfide) groups is 1. The Labute approximate surface area is 183 Å². The minimum atomic E-state index is -0.881. The van der Waals surface area contributed by atoms with E-state index in [9.17, 15) is 10.0 Å². The van der Waals surface area contributed by atoms with Gasteiger partial charge < -0.3 is 14.7 Å². The SMILES string of the molecule is CC(C)(C)OC(=O)[N+]1([O-])CCC(c2ccc(OCCSc3ccccc3)cc2)CC1. The van der Waals surface area contributed by atoms with Gasteiger partial charge in [0.15, 0.2) is 0 Å². The van der Waals surface area contributed by atoms with Crippen LogP contribution in [0.5, 0.6) is 5.75 Å². The van der Waals surface area contributed by atoms with Crippen LogP contribution in [0.2, 0.25) is 0 Å². The van der Waals surface area contributed by atoms with Crippen molar-refractivity contribution in [2.24, 2.45) is 0 Å². The molecule has 0 radical (unpaired) electrons. The van der Waals surface area contributed by atoms with Gasteiger partial charge in [0, 0.05) is 23.5 Å². The molecule has 0 N–H and O–H groups in total. The van der Waals surface area contributed by atoms with Crippen molar-refractivity contribution in [3.05, 3.63) is 65.4 Å². The summed E-state index contributed by atoms with van der Waals surface area (Å²) in [6, 6.07) is 18.4. The molecule has 1 heterocycles. The maximum atomic E-state index is 12.8. The second kappa shape index (κ2) is 9.86. The third-order valence-electron chi connectivity index (χ3n) is 5.12. The Morgan fingerprint density at radius 2 is 1.70 bits per heavy atom. The average Bonchev–Trinajstić information content (AvgIpc) is 2.72. The highest BCUT2D eigenvalue weighted by Crippen LogP contribution is 2.33. The summed E-state index contributed by atoms with van der Waals surface area (Å²) < 4.78 is 10.3. The number of hydrogen-bond donors (Lipinski definition) is 0. The fourth-order valence-corrected chi connectivity index (χ4v) is 4.27. The van der Waals surface area contributed by atoms with Crippen LogP contribution < -0.4 is 4.74 Å². The molecule has 1 saturated heterocycles. The molecular formula is C24H31NO4S. The Kier molecular flexibility index (Phi) is 7.45. The van der Waals surface area contributed by atoms with E-state index < -0.39 is 16.3 Å². The van der Waals surface area contributed by atoms with Gasteiger partial charge in [-0.2, -0.15) is 4.79 Å². The molecule has 0 aliphatic carbocycles. The van der Waals surface area contributed by atoms with E-state index in [2.05, 4.69) is 24.3 Å². The lowest BCUT2D eigenvalue weighted by Crippen LogP contribution is -2.53. The Bertz CT molecular complexity index is 809. The van der Waals surface area contributed by atoms with Crippen LogP contribution in [0.15, 0.2) is 59.5 Å². The lowest BCUT2D eigenvalue weighted by molar-refractivity contribution is -0.814. The van der Waals surface area contributed by atoms with E-state index in [1.807, 2.05) is 30.3 Å². The Morgan fingerprint density at radius 3 is 2.30 bits per heavy atom. The predicted molar refractivity (Wildman–Crippen MR) is 121 cm³/mol. The van der Waals surface area contributed by atoms with Crippen LogP contribution in [0.3, 0.4) is 0 Å². The number of carbonyl (C=O) groups is 1. The van der Waals surface area contributed by atoms with Crippen molar-refractivity contribution in [3.8, 4) is 5.75 Å². The van der Waals surface area contributed by atoms with Gasteiger partial charge in [-0.1, -0.05) is 30.3 Å². The molecule has 6 heteroatoms. The monoisotopic (exact) mass is 429 g/mol. The van der Waals surface area contributed by atoms with E-state index in [1.165, 1.54) is 10.5 Å². The molecule has 0 saturated carbocycles. The first kappa shape index (κ1) is 22.7. The average molecular weight is 430 g/mol. The molecule has 2 aromatic carbocycles. The van der Waals surface area contributed by atoms with Gasteiger partial charge in [0.25, 0.3) is 0 Å². The minimum Gasteiger partial charge on any atom is -0.622 e. The summed E-state index contributed by atoms with van der Waals surface area (Å²) >= 11 is 1.78. The lowest BCUT2D eigenvalue weighted by atomic mass is 9.89. The van der Waals surface area contributed by atoms with Gasteiger partial charge in [0.05, 0.1) is 19.7 Å². The zero-order chi connectivity index (χ0) is 21.6. The maximum Gasteiger partial charge on any atom is 0.516 e. The first-order valence-corrected chi connectivity index (χ1v) is 11.5. The highest BCUT2D eigenvalue weighted by atomic mass is 32.2. The van der Waals surface area contributed by atoms with E-state index in [1.54, 1.807) is 32.5 Å². The van der Waals surface area contributed by atoms with E-state index in [-0.39, 0.29) is 19.0 Å². The van der Waals surface area contributed by atoms with Crippen molar-refractivity contribution in [3.63, 3.8) is 0 Å². The summed E-state index contributed by atoms with van der Waals surface area (Å²) in [6.45, 7) is 6.52. The number of hydrogen-bond acceptors (Lipinski definition) is 5. The Morgan fingerprint density at radius 1 is 1.07 bits per heavy atom. The van der Waals surface area contributed by atoms with Crippen molar-refractivity contribution in [2.45, 2.75) is 50.0 Å². The van der Waals surface area contributed by atoms with Crippen molar-refractivity contribution >= 4 is 17.9 Å². The topological polar surface area (TPSA) is 58.6 Å². The third kappa shape index (κ3) is 6.49. The van der Waals surface area contributed by atoms with E-state index >= 15 is 0 Å². The molecule has 1 aliphatic rings. The van der Waals surface area contributed by atoms with Gasteiger partial charge >= 0.3 is 6.09 Å². The quantitative estimate of drug-likeness (QED) is 0.244. The predicted octanol–water partition coefficient (Wildman–Crippen LogP) is 5.98. The van der Waals surface area contributed by atoms with Gasteiger partial charge in [-0.3, -0.25) is 4.65 Å². The minimum absolute atomic E-state index is 0.258. The molecule has 0 unspecified atom stereocenters. The molecule has 0 atom stereocenters. The van der Waals surface area contributed by atoms with Gasteiger partial charge in [0.1, 0.15) is 11.4 Å². The van der Waals surface area contributed by atoms with Crippen molar-refractivity contribution in [1.29, 1.82) is 0 Å². The summed E-state index contributed by atoms with van der Waals surface area (Å²) in [5.41, 5.74) is 0.551. The first-order chi connectivity index (χ1) is 14.3. The summed E-state index contributed by atoms with van der Waals surface area (Å²) in [4.78, 5) is 13.5. The van der Waals surface area contributed by atoms with Gasteiger partial charge in [-0.15, -0.1) is 11.8 Å². The molecule has 162 valence electrons. The standard InChI is InChI=1S/C24H31NO4S/c1-24(2,3)29-23(26)25(27)15-13-20(14-16-25)19-9-11-21(12-10-19)28-17-18-30-22-7-5-4-6-8-22/h4-12,20H,13-18H2,1-3H3. The van der Waals surface area contributed by atoms with E-state index in [0.717, 1.165) is 11.5 Å². The molecule has 1 amide bonds. The number of hydroxylamine groups is 3. The number of likely N-dealkylation sites (tertiary alicyclic amines) is 1. The van der Waals surface area contributed by atoms with Crippen LogP contribution in [-0.4, -0.2) is 41.8 Å². The molecular weight excluding hydrogens is 398 g/mol. The summed E-state index contributed by atoms with van der Waals surface area (Å²) in [6.07, 6.45) is 0.686. The Balaban J connectivity index is 1.45. The molecule has 0 spiro atoms. The number of rotatable bonds is 6. The summed E-state index contributed by atoms with van der Waals surface area (Å²) in [5.74, 6) is 2.03. The van der Waals surface area contributed by atoms with E-state index in [4.69, 9.17) is 9.47 Å². The fraction of sp³-hybridized carbons (Fsp3) is 0.458. The highest BCUT2D eigenvalue weighted by molar-refractivity contribution is 7.99. The second-order valence-electron chi connectivity index (χ2n) is 8.67. The molecule has 1 aliphatic heterocycles. The zero-order valence-corrected chi connectivity index (χ0v) is 18.8. The number of quaternary nitrogens is 1. The molecule has 30 heavy (non-hydrogen) atoms. The lowest BCUT2D eigenvalue weighted by Gasteiger charge is -2.44. The van der Waals surface area contributed by atoms with E-state index in [0.29, 0.717) is 19.4 Å². The normalized spacial score (nSPS) is 21.8. The number of carbonyl (C=O) groups excluding carboxylic acids is 1. The maximum absolute atomic E-state index is 12.8.